The van der Waals surface area contributed by atoms with Crippen LogP contribution in [0.3, 0.4) is 0 Å². The molecule has 1 fully saturated rings. The number of carbonyl (C=O) groups excluding carboxylic acids is 1. The van der Waals surface area contributed by atoms with Gasteiger partial charge in [-0.3, -0.25) is 4.79 Å². The molecule has 19 heavy (non-hydrogen) atoms. The zero-order valence-corrected chi connectivity index (χ0v) is 12.6. The summed E-state index contributed by atoms with van der Waals surface area (Å²) in [6, 6.07) is 2.06. The van der Waals surface area contributed by atoms with E-state index in [4.69, 9.17) is 0 Å². The smallest absolute Gasteiger partial charge is 0.252 e. The lowest BCUT2D eigenvalue weighted by Crippen LogP contribution is -2.48. The molecular weight excluding hydrogens is 365 g/mol. The van der Waals surface area contributed by atoms with Gasteiger partial charge in [0.1, 0.15) is 0 Å². The minimum absolute atomic E-state index is 0.0673. The van der Waals surface area contributed by atoms with Crippen molar-refractivity contribution in [3.63, 3.8) is 0 Å². The Balaban J connectivity index is 2.13. The van der Waals surface area contributed by atoms with Crippen LogP contribution in [0.5, 0.6) is 0 Å². The lowest BCUT2D eigenvalue weighted by Gasteiger charge is -2.30. The van der Waals surface area contributed by atoms with Crippen LogP contribution in [0.25, 0.3) is 0 Å². The summed E-state index contributed by atoms with van der Waals surface area (Å²) in [7, 11) is 0. The normalized spacial score (nSPS) is 23.2. The molecule has 1 saturated heterocycles. The first-order valence-corrected chi connectivity index (χ1v) is 7.23. The molecule has 3 nitrogen and oxygen atoms in total. The molecule has 2 N–H and O–H groups in total. The van der Waals surface area contributed by atoms with Crippen LogP contribution in [-0.4, -0.2) is 25.0 Å². The quantitative estimate of drug-likeness (QED) is 0.611. The van der Waals surface area contributed by atoms with E-state index < -0.39 is 11.6 Å². The van der Waals surface area contributed by atoms with E-state index >= 15 is 0 Å². The van der Waals surface area contributed by atoms with Gasteiger partial charge in [-0.15, -0.1) is 0 Å². The van der Waals surface area contributed by atoms with Crippen LogP contribution in [0.1, 0.15) is 23.7 Å². The fraction of sp³-hybridized carbons (Fsp3) is 0.462. The Hall–Kier alpha value is -0.760. The third kappa shape index (κ3) is 3.42. The van der Waals surface area contributed by atoms with Crippen LogP contribution in [0, 0.1) is 21.1 Å². The van der Waals surface area contributed by atoms with E-state index in [0.29, 0.717) is 9.49 Å². The van der Waals surface area contributed by atoms with Crippen molar-refractivity contribution in [3.8, 4) is 0 Å². The van der Waals surface area contributed by atoms with Crippen molar-refractivity contribution in [1.29, 1.82) is 0 Å². The second-order valence-corrected chi connectivity index (χ2v) is 5.96. The molecule has 0 spiro atoms. The van der Waals surface area contributed by atoms with E-state index in [1.165, 1.54) is 0 Å². The fourth-order valence-corrected chi connectivity index (χ4v) is 2.85. The number of amides is 1. The second-order valence-electron chi connectivity index (χ2n) is 4.80. The minimum Gasteiger partial charge on any atom is -0.349 e. The number of hydrogen-bond donors (Lipinski definition) is 2. The highest BCUT2D eigenvalue weighted by molar-refractivity contribution is 14.1. The van der Waals surface area contributed by atoms with Gasteiger partial charge in [0.2, 0.25) is 0 Å². The molecule has 2 unspecified atom stereocenters. The molecule has 2 rings (SSSR count). The van der Waals surface area contributed by atoms with Gasteiger partial charge < -0.3 is 10.6 Å². The molecule has 0 bridgehead atoms. The summed E-state index contributed by atoms with van der Waals surface area (Å²) in [6.07, 6.45) is 0.840. The largest absolute Gasteiger partial charge is 0.349 e. The van der Waals surface area contributed by atoms with E-state index in [2.05, 4.69) is 10.6 Å². The Bertz CT molecular complexity index is 496. The molecular formula is C13H15F2IN2O. The van der Waals surface area contributed by atoms with Crippen LogP contribution in [0.4, 0.5) is 8.78 Å². The predicted octanol–water partition coefficient (Wildman–Crippen LogP) is 2.30. The van der Waals surface area contributed by atoms with Crippen LogP contribution in [0.2, 0.25) is 0 Å². The van der Waals surface area contributed by atoms with Crippen molar-refractivity contribution in [2.75, 3.05) is 13.1 Å². The van der Waals surface area contributed by atoms with Gasteiger partial charge in [-0.1, -0.05) is 6.92 Å². The van der Waals surface area contributed by atoms with Crippen molar-refractivity contribution < 1.29 is 13.6 Å². The van der Waals surface area contributed by atoms with E-state index in [9.17, 15) is 13.6 Å². The van der Waals surface area contributed by atoms with Gasteiger partial charge in [-0.2, -0.15) is 0 Å². The third-order valence-corrected chi connectivity index (χ3v) is 4.25. The Morgan fingerprint density at radius 1 is 1.42 bits per heavy atom. The molecule has 1 heterocycles. The minimum atomic E-state index is -0.996. The van der Waals surface area contributed by atoms with Crippen LogP contribution in [0.15, 0.2) is 12.1 Å². The highest BCUT2D eigenvalue weighted by Crippen LogP contribution is 2.18. The molecule has 0 radical (unpaired) electrons. The van der Waals surface area contributed by atoms with Crippen LogP contribution in [-0.2, 0) is 0 Å². The summed E-state index contributed by atoms with van der Waals surface area (Å²) < 4.78 is 26.6. The number of hydrogen-bond acceptors (Lipinski definition) is 2. The molecule has 1 aromatic rings. The summed E-state index contributed by atoms with van der Waals surface area (Å²) in [6.45, 7) is 3.75. The monoisotopic (exact) mass is 380 g/mol. The molecule has 0 aliphatic carbocycles. The van der Waals surface area contributed by atoms with E-state index in [-0.39, 0.29) is 17.5 Å². The highest BCUT2D eigenvalue weighted by atomic mass is 127. The average Bonchev–Trinajstić information content (AvgIpc) is 2.36. The first kappa shape index (κ1) is 14.6. The fourth-order valence-electron chi connectivity index (χ4n) is 2.17. The summed E-state index contributed by atoms with van der Waals surface area (Å²) >= 11 is 1.84. The van der Waals surface area contributed by atoms with Gasteiger partial charge in [0.05, 0.1) is 5.56 Å². The number of halogens is 3. The maximum Gasteiger partial charge on any atom is 0.252 e. The first-order chi connectivity index (χ1) is 8.99. The molecule has 6 heteroatoms. The van der Waals surface area contributed by atoms with Gasteiger partial charge in [-0.25, -0.2) is 8.78 Å². The first-order valence-electron chi connectivity index (χ1n) is 6.15. The predicted molar refractivity (Wildman–Crippen MR) is 77.0 cm³/mol. The molecule has 0 aromatic heterocycles. The van der Waals surface area contributed by atoms with Crippen molar-refractivity contribution in [2.24, 2.45) is 5.92 Å². The second kappa shape index (κ2) is 6.13. The maximum atomic E-state index is 13.2. The third-order valence-electron chi connectivity index (χ3n) is 3.36. The summed E-state index contributed by atoms with van der Waals surface area (Å²) in [5.41, 5.74) is 0.185. The topological polar surface area (TPSA) is 41.1 Å². The lowest BCUT2D eigenvalue weighted by atomic mass is 9.95. The SMILES string of the molecule is CC1CNCCC1NC(=O)c1cc(F)c(F)cc1I. The maximum absolute atomic E-state index is 13.2. The zero-order chi connectivity index (χ0) is 14.0. The number of piperidine rings is 1. The van der Waals surface area contributed by atoms with Gasteiger partial charge in [0.25, 0.3) is 5.91 Å². The van der Waals surface area contributed by atoms with Gasteiger partial charge in [0.15, 0.2) is 11.6 Å². The molecule has 104 valence electrons. The van der Waals surface area contributed by atoms with E-state index in [1.807, 2.05) is 29.5 Å². The number of carbonyl (C=O) groups is 1. The number of rotatable bonds is 2. The van der Waals surface area contributed by atoms with E-state index in [1.54, 1.807) is 0 Å². The summed E-state index contributed by atoms with van der Waals surface area (Å²) in [4.78, 5) is 12.1. The average molecular weight is 380 g/mol. The molecule has 1 aromatic carbocycles. The van der Waals surface area contributed by atoms with Crippen molar-refractivity contribution in [3.05, 3.63) is 32.9 Å². The number of nitrogens with one attached hydrogen (secondary N) is 2. The Kier molecular flexibility index (Phi) is 4.72. The molecule has 0 saturated carbocycles. The Morgan fingerprint density at radius 2 is 2.11 bits per heavy atom. The molecule has 1 amide bonds. The highest BCUT2D eigenvalue weighted by Gasteiger charge is 2.24. The van der Waals surface area contributed by atoms with Crippen LogP contribution >= 0.6 is 22.6 Å². The van der Waals surface area contributed by atoms with Crippen molar-refractivity contribution >= 4 is 28.5 Å². The standard InChI is InChI=1S/C13H15F2IN2O/c1-7-6-17-3-2-12(7)18-13(19)8-4-9(14)10(15)5-11(8)16/h4-5,7,12,17H,2-3,6H2,1H3,(H,18,19). The van der Waals surface area contributed by atoms with Crippen LogP contribution < -0.4 is 10.6 Å². The van der Waals surface area contributed by atoms with Gasteiger partial charge in [0, 0.05) is 9.61 Å². The van der Waals surface area contributed by atoms with Crippen molar-refractivity contribution in [2.45, 2.75) is 19.4 Å². The molecule has 2 atom stereocenters. The van der Waals surface area contributed by atoms with E-state index in [0.717, 1.165) is 31.6 Å². The Morgan fingerprint density at radius 3 is 2.79 bits per heavy atom. The molecule has 1 aliphatic heterocycles. The lowest BCUT2D eigenvalue weighted by molar-refractivity contribution is 0.0912. The van der Waals surface area contributed by atoms with Gasteiger partial charge >= 0.3 is 0 Å². The summed E-state index contributed by atoms with van der Waals surface area (Å²) in [5.74, 6) is -1.96. The zero-order valence-electron chi connectivity index (χ0n) is 10.5. The van der Waals surface area contributed by atoms with Gasteiger partial charge in [-0.05, 0) is 60.2 Å². The van der Waals surface area contributed by atoms with Crippen molar-refractivity contribution in [1.82, 2.24) is 10.6 Å². The summed E-state index contributed by atoms with van der Waals surface area (Å²) in [5, 5.41) is 6.14. The number of benzene rings is 1. The Labute approximate surface area is 124 Å². The molecule has 1 aliphatic rings.